The summed E-state index contributed by atoms with van der Waals surface area (Å²) in [5.74, 6) is -0.856. The molecule has 2 rings (SSSR count). The number of hydrogen-bond acceptors (Lipinski definition) is 4. The molecule has 0 fully saturated rings. The molecule has 1 N–H and O–H groups in total. The van der Waals surface area contributed by atoms with Crippen molar-refractivity contribution in [2.45, 2.75) is 19.4 Å². The van der Waals surface area contributed by atoms with E-state index in [-0.39, 0.29) is 28.2 Å². The van der Waals surface area contributed by atoms with Gasteiger partial charge in [0, 0.05) is 13.6 Å². The van der Waals surface area contributed by atoms with E-state index in [4.69, 9.17) is 23.2 Å². The number of anilines is 1. The van der Waals surface area contributed by atoms with E-state index in [1.54, 1.807) is 6.92 Å². The maximum atomic E-state index is 13.2. The first-order valence-corrected chi connectivity index (χ1v) is 12.1. The zero-order chi connectivity index (χ0) is 23.2. The molecule has 0 saturated heterocycles. The standard InChI is InChI=1S/C21H25Cl2N3O4S/c1-15(21(28)24-2)25(12-11-16-7-5-4-6-8-16)20(27)14-26(31(3,29)30)17-9-10-18(22)19(23)13-17/h4-10,13,15H,11-12,14H2,1-3H3,(H,24,28)/t15-/m0/s1. The molecule has 0 aromatic heterocycles. The average Bonchev–Trinajstić information content (AvgIpc) is 2.73. The summed E-state index contributed by atoms with van der Waals surface area (Å²) in [6.07, 6.45) is 1.51. The number of halogens is 2. The van der Waals surface area contributed by atoms with Crippen LogP contribution in [-0.4, -0.2) is 57.6 Å². The maximum Gasteiger partial charge on any atom is 0.244 e. The van der Waals surface area contributed by atoms with Gasteiger partial charge in [-0.15, -0.1) is 0 Å². The molecule has 10 heteroatoms. The number of nitrogens with zero attached hydrogens (tertiary/aromatic N) is 2. The molecule has 2 amide bonds. The zero-order valence-corrected chi connectivity index (χ0v) is 19.8. The van der Waals surface area contributed by atoms with Gasteiger partial charge in [0.1, 0.15) is 12.6 Å². The third-order valence-corrected chi connectivity index (χ3v) is 6.65. The van der Waals surface area contributed by atoms with Crippen molar-refractivity contribution in [2.24, 2.45) is 0 Å². The van der Waals surface area contributed by atoms with Crippen LogP contribution in [0.15, 0.2) is 48.5 Å². The number of carbonyl (C=O) groups excluding carboxylic acids is 2. The van der Waals surface area contributed by atoms with E-state index in [0.29, 0.717) is 6.42 Å². The molecule has 0 aliphatic carbocycles. The Bertz CT molecular complexity index is 1030. The van der Waals surface area contributed by atoms with Crippen molar-refractivity contribution in [1.82, 2.24) is 10.2 Å². The summed E-state index contributed by atoms with van der Waals surface area (Å²) >= 11 is 12.0. The van der Waals surface area contributed by atoms with Crippen LogP contribution in [0.3, 0.4) is 0 Å². The summed E-state index contributed by atoms with van der Waals surface area (Å²) < 4.78 is 25.8. The zero-order valence-electron chi connectivity index (χ0n) is 17.5. The van der Waals surface area contributed by atoms with Gasteiger partial charge >= 0.3 is 0 Å². The van der Waals surface area contributed by atoms with Crippen molar-refractivity contribution in [3.8, 4) is 0 Å². The fraction of sp³-hybridized carbons (Fsp3) is 0.333. The topological polar surface area (TPSA) is 86.8 Å². The second kappa shape index (κ2) is 10.8. The van der Waals surface area contributed by atoms with E-state index in [9.17, 15) is 18.0 Å². The van der Waals surface area contributed by atoms with Crippen LogP contribution in [0.25, 0.3) is 0 Å². The molecule has 7 nitrogen and oxygen atoms in total. The second-order valence-corrected chi connectivity index (χ2v) is 9.70. The van der Waals surface area contributed by atoms with Gasteiger partial charge in [-0.1, -0.05) is 53.5 Å². The first-order valence-electron chi connectivity index (χ1n) is 9.52. The van der Waals surface area contributed by atoms with Gasteiger partial charge in [-0.05, 0) is 37.1 Å². The van der Waals surface area contributed by atoms with E-state index >= 15 is 0 Å². The van der Waals surface area contributed by atoms with Gasteiger partial charge in [0.25, 0.3) is 0 Å². The fourth-order valence-electron chi connectivity index (χ4n) is 3.03. The Balaban J connectivity index is 2.31. The van der Waals surface area contributed by atoms with Crippen LogP contribution in [0.5, 0.6) is 0 Å². The normalized spacial score (nSPS) is 12.2. The highest BCUT2D eigenvalue weighted by Gasteiger charge is 2.29. The molecule has 0 heterocycles. The number of likely N-dealkylation sites (N-methyl/N-ethyl adjacent to an activating group) is 1. The molecule has 0 bridgehead atoms. The third-order valence-electron chi connectivity index (χ3n) is 4.77. The average molecular weight is 486 g/mol. The summed E-state index contributed by atoms with van der Waals surface area (Å²) in [6.45, 7) is 1.37. The van der Waals surface area contributed by atoms with Gasteiger partial charge in [-0.3, -0.25) is 13.9 Å². The first kappa shape index (κ1) is 25.0. The molecule has 0 unspecified atom stereocenters. The van der Waals surface area contributed by atoms with Crippen LogP contribution < -0.4 is 9.62 Å². The highest BCUT2D eigenvalue weighted by atomic mass is 35.5. The molecule has 168 valence electrons. The van der Waals surface area contributed by atoms with E-state index in [1.807, 2.05) is 30.3 Å². The predicted octanol–water partition coefficient (Wildman–Crippen LogP) is 2.97. The Labute approximate surface area is 193 Å². The van der Waals surface area contributed by atoms with Crippen LogP contribution in [0.4, 0.5) is 5.69 Å². The minimum atomic E-state index is -3.81. The number of rotatable bonds is 9. The van der Waals surface area contributed by atoms with Crippen molar-refractivity contribution >= 4 is 50.7 Å². The minimum Gasteiger partial charge on any atom is -0.357 e. The van der Waals surface area contributed by atoms with Crippen LogP contribution in [-0.2, 0) is 26.0 Å². The van der Waals surface area contributed by atoms with Gasteiger partial charge < -0.3 is 10.2 Å². The van der Waals surface area contributed by atoms with E-state index in [0.717, 1.165) is 16.1 Å². The number of sulfonamides is 1. The molecule has 1 atom stereocenters. The van der Waals surface area contributed by atoms with Crippen LogP contribution in [0.1, 0.15) is 12.5 Å². The number of benzene rings is 2. The SMILES string of the molecule is CNC(=O)[C@H](C)N(CCc1ccccc1)C(=O)CN(c1ccc(Cl)c(Cl)c1)S(C)(=O)=O. The number of amides is 2. The highest BCUT2D eigenvalue weighted by Crippen LogP contribution is 2.28. The lowest BCUT2D eigenvalue weighted by Gasteiger charge is -2.31. The second-order valence-electron chi connectivity index (χ2n) is 6.98. The van der Waals surface area contributed by atoms with Crippen molar-refractivity contribution < 1.29 is 18.0 Å². The van der Waals surface area contributed by atoms with Crippen molar-refractivity contribution in [1.29, 1.82) is 0 Å². The Morgan fingerprint density at radius 1 is 1.06 bits per heavy atom. The largest absolute Gasteiger partial charge is 0.357 e. The molecule has 0 aliphatic heterocycles. The molecule has 31 heavy (non-hydrogen) atoms. The number of hydrogen-bond donors (Lipinski definition) is 1. The minimum absolute atomic E-state index is 0.167. The lowest BCUT2D eigenvalue weighted by atomic mass is 10.1. The Hall–Kier alpha value is -2.29. The van der Waals surface area contributed by atoms with E-state index < -0.39 is 28.5 Å². The highest BCUT2D eigenvalue weighted by molar-refractivity contribution is 7.92. The summed E-state index contributed by atoms with van der Waals surface area (Å²) in [5.41, 5.74) is 1.20. The third kappa shape index (κ3) is 6.85. The molecule has 0 radical (unpaired) electrons. The molecule has 0 aliphatic rings. The number of nitrogens with one attached hydrogen (secondary N) is 1. The van der Waals surface area contributed by atoms with Crippen LogP contribution in [0.2, 0.25) is 10.0 Å². The van der Waals surface area contributed by atoms with Crippen LogP contribution >= 0.6 is 23.2 Å². The van der Waals surface area contributed by atoms with E-state index in [2.05, 4.69) is 5.32 Å². The summed E-state index contributed by atoms with van der Waals surface area (Å²) in [5, 5.41) is 2.96. The van der Waals surface area contributed by atoms with Crippen molar-refractivity contribution in [2.75, 3.05) is 30.7 Å². The Morgan fingerprint density at radius 2 is 1.71 bits per heavy atom. The predicted molar refractivity (Wildman–Crippen MR) is 124 cm³/mol. The molecular weight excluding hydrogens is 461 g/mol. The Morgan fingerprint density at radius 3 is 2.26 bits per heavy atom. The lowest BCUT2D eigenvalue weighted by molar-refractivity contribution is -0.138. The Kier molecular flexibility index (Phi) is 8.73. The number of carbonyl (C=O) groups is 2. The van der Waals surface area contributed by atoms with Crippen molar-refractivity contribution in [3.05, 3.63) is 64.1 Å². The van der Waals surface area contributed by atoms with Gasteiger partial charge in [0.05, 0.1) is 22.0 Å². The first-order chi connectivity index (χ1) is 14.5. The molecule has 2 aromatic carbocycles. The molecular formula is C21H25Cl2N3O4S. The molecule has 2 aromatic rings. The van der Waals surface area contributed by atoms with Gasteiger partial charge in [0.15, 0.2) is 0 Å². The summed E-state index contributed by atoms with van der Waals surface area (Å²) in [6, 6.07) is 13.0. The van der Waals surface area contributed by atoms with Gasteiger partial charge in [-0.2, -0.15) is 0 Å². The van der Waals surface area contributed by atoms with Gasteiger partial charge in [-0.25, -0.2) is 8.42 Å². The monoisotopic (exact) mass is 485 g/mol. The fourth-order valence-corrected chi connectivity index (χ4v) is 4.17. The van der Waals surface area contributed by atoms with Crippen LogP contribution in [0, 0.1) is 0 Å². The smallest absolute Gasteiger partial charge is 0.244 e. The van der Waals surface area contributed by atoms with Crippen molar-refractivity contribution in [3.63, 3.8) is 0 Å². The summed E-state index contributed by atoms with van der Waals surface area (Å²) in [7, 11) is -2.33. The molecule has 0 spiro atoms. The quantitative estimate of drug-likeness (QED) is 0.591. The summed E-state index contributed by atoms with van der Waals surface area (Å²) in [4.78, 5) is 26.8. The molecule has 0 saturated carbocycles. The maximum absolute atomic E-state index is 13.2. The van der Waals surface area contributed by atoms with Gasteiger partial charge in [0.2, 0.25) is 21.8 Å². The lowest BCUT2D eigenvalue weighted by Crippen LogP contribution is -2.51. The van der Waals surface area contributed by atoms with E-state index in [1.165, 1.54) is 30.1 Å².